The van der Waals surface area contributed by atoms with Crippen LogP contribution in [0.4, 0.5) is 16.2 Å². The SMILES string of the molecule is C=CCN(CCn1c2ccccc2c2cc(NC(=O)NCCOC(=O)C(=C)C)ccc21)c1ccc2c(c1)c1ccccc1n2CC. The van der Waals surface area contributed by atoms with Crippen molar-refractivity contribution in [1.82, 2.24) is 14.5 Å². The minimum atomic E-state index is -0.474. The van der Waals surface area contributed by atoms with Gasteiger partial charge in [-0.2, -0.15) is 0 Å². The van der Waals surface area contributed by atoms with E-state index < -0.39 is 5.97 Å². The van der Waals surface area contributed by atoms with Crippen molar-refractivity contribution in [3.05, 3.63) is 110 Å². The van der Waals surface area contributed by atoms with E-state index in [9.17, 15) is 9.59 Å². The Morgan fingerprint density at radius 3 is 2.17 bits per heavy atom. The zero-order valence-corrected chi connectivity index (χ0v) is 26.4. The van der Waals surface area contributed by atoms with Crippen molar-refractivity contribution in [3.8, 4) is 0 Å². The molecule has 4 aromatic carbocycles. The van der Waals surface area contributed by atoms with Crippen LogP contribution in [0.2, 0.25) is 0 Å². The lowest BCUT2D eigenvalue weighted by atomic mass is 10.1. The average molecular weight is 614 g/mol. The summed E-state index contributed by atoms with van der Waals surface area (Å²) in [6, 6.07) is 29.4. The monoisotopic (exact) mass is 613 g/mol. The lowest BCUT2D eigenvalue weighted by Gasteiger charge is -2.24. The van der Waals surface area contributed by atoms with Gasteiger partial charge in [0.05, 0.1) is 6.54 Å². The highest BCUT2D eigenvalue weighted by Crippen LogP contribution is 2.34. The van der Waals surface area contributed by atoms with Gasteiger partial charge in [-0.1, -0.05) is 49.1 Å². The van der Waals surface area contributed by atoms with E-state index in [0.29, 0.717) is 11.3 Å². The number of aromatic nitrogens is 2. The number of fused-ring (bicyclic) bond motifs is 6. The van der Waals surface area contributed by atoms with Gasteiger partial charge in [-0.05, 0) is 62.4 Å². The summed E-state index contributed by atoms with van der Waals surface area (Å²) in [5.74, 6) is -0.474. The smallest absolute Gasteiger partial charge is 0.333 e. The van der Waals surface area contributed by atoms with Gasteiger partial charge in [0.25, 0.3) is 0 Å². The number of nitrogens with one attached hydrogen (secondary N) is 2. The number of amides is 2. The van der Waals surface area contributed by atoms with Crippen LogP contribution in [-0.2, 0) is 22.6 Å². The molecule has 6 aromatic rings. The Labute approximate surface area is 268 Å². The van der Waals surface area contributed by atoms with E-state index in [1.807, 2.05) is 24.3 Å². The standard InChI is InChI=1S/C38H39N5O3/c1-5-20-41(28-16-18-35-32(25-28)30-12-7-9-13-33(30)42(35)6-2)21-22-43-34-14-10-8-11-29(34)31-24-27(15-17-36(31)43)40-38(45)39-19-23-46-37(44)26(3)4/h5,7-18,24-25H,1,3,6,19-23H2,2,4H3,(H2,39,40,45). The van der Waals surface area contributed by atoms with E-state index in [2.05, 4.69) is 111 Å². The third-order valence-electron chi connectivity index (χ3n) is 8.38. The predicted molar refractivity (Wildman–Crippen MR) is 190 cm³/mol. The van der Waals surface area contributed by atoms with E-state index in [1.54, 1.807) is 6.92 Å². The number of hydrogen-bond acceptors (Lipinski definition) is 4. The van der Waals surface area contributed by atoms with Gasteiger partial charge < -0.3 is 29.4 Å². The Morgan fingerprint density at radius 1 is 0.848 bits per heavy atom. The second-order valence-corrected chi connectivity index (χ2v) is 11.4. The average Bonchev–Trinajstić information content (AvgIpc) is 3.56. The zero-order chi connectivity index (χ0) is 32.2. The summed E-state index contributed by atoms with van der Waals surface area (Å²) in [7, 11) is 0. The van der Waals surface area contributed by atoms with Gasteiger partial charge in [0.2, 0.25) is 0 Å². The van der Waals surface area contributed by atoms with Crippen LogP contribution in [0.5, 0.6) is 0 Å². The molecule has 0 atom stereocenters. The van der Waals surface area contributed by atoms with E-state index in [0.717, 1.165) is 48.0 Å². The molecule has 0 fully saturated rings. The van der Waals surface area contributed by atoms with Crippen LogP contribution < -0.4 is 15.5 Å². The summed E-state index contributed by atoms with van der Waals surface area (Å²) >= 11 is 0. The molecule has 2 aromatic heterocycles. The Balaban J connectivity index is 1.23. The number of aryl methyl sites for hydroxylation is 1. The van der Waals surface area contributed by atoms with Crippen molar-refractivity contribution < 1.29 is 14.3 Å². The Bertz CT molecular complexity index is 2100. The Morgan fingerprint density at radius 2 is 1.48 bits per heavy atom. The topological polar surface area (TPSA) is 80.5 Å². The minimum Gasteiger partial charge on any atom is -0.460 e. The molecular weight excluding hydrogens is 574 g/mol. The lowest BCUT2D eigenvalue weighted by Crippen LogP contribution is -2.32. The van der Waals surface area contributed by atoms with Crippen LogP contribution >= 0.6 is 0 Å². The zero-order valence-electron chi connectivity index (χ0n) is 26.4. The normalized spacial score (nSPS) is 11.3. The first-order valence-electron chi connectivity index (χ1n) is 15.6. The van der Waals surface area contributed by atoms with E-state index >= 15 is 0 Å². The van der Waals surface area contributed by atoms with Gasteiger partial charge in [-0.15, -0.1) is 6.58 Å². The van der Waals surface area contributed by atoms with Crippen molar-refractivity contribution in [1.29, 1.82) is 0 Å². The van der Waals surface area contributed by atoms with Gasteiger partial charge in [-0.25, -0.2) is 9.59 Å². The highest BCUT2D eigenvalue weighted by molar-refractivity contribution is 6.10. The summed E-state index contributed by atoms with van der Waals surface area (Å²) in [4.78, 5) is 26.5. The van der Waals surface area contributed by atoms with E-state index in [4.69, 9.17) is 4.74 Å². The Kier molecular flexibility index (Phi) is 8.79. The number of benzene rings is 4. The molecule has 0 unspecified atom stereocenters. The molecule has 0 aliphatic heterocycles. The second-order valence-electron chi connectivity index (χ2n) is 11.4. The molecule has 2 heterocycles. The van der Waals surface area contributed by atoms with Crippen LogP contribution in [0.3, 0.4) is 0 Å². The van der Waals surface area contributed by atoms with Gasteiger partial charge in [0, 0.05) is 86.7 Å². The number of carbonyl (C=O) groups is 2. The molecule has 0 aliphatic carbocycles. The molecule has 0 saturated carbocycles. The molecule has 0 spiro atoms. The first-order chi connectivity index (χ1) is 22.4. The number of nitrogens with zero attached hydrogens (tertiary/aromatic N) is 3. The number of esters is 1. The fourth-order valence-corrected chi connectivity index (χ4v) is 6.26. The van der Waals surface area contributed by atoms with Gasteiger partial charge in [0.15, 0.2) is 0 Å². The molecule has 0 bridgehead atoms. The first-order valence-corrected chi connectivity index (χ1v) is 15.6. The van der Waals surface area contributed by atoms with E-state index in [-0.39, 0.29) is 19.2 Å². The summed E-state index contributed by atoms with van der Waals surface area (Å²) in [6.45, 7) is 14.9. The highest BCUT2D eigenvalue weighted by Gasteiger charge is 2.16. The number of rotatable bonds is 12. The number of para-hydroxylation sites is 2. The summed E-state index contributed by atoms with van der Waals surface area (Å²) in [6.07, 6.45) is 1.96. The number of anilines is 2. The summed E-state index contributed by atoms with van der Waals surface area (Å²) in [5, 5.41) is 10.3. The number of carbonyl (C=O) groups excluding carboxylic acids is 2. The highest BCUT2D eigenvalue weighted by atomic mass is 16.5. The van der Waals surface area contributed by atoms with Crippen LogP contribution in [0.25, 0.3) is 43.6 Å². The predicted octanol–water partition coefficient (Wildman–Crippen LogP) is 7.86. The molecule has 6 rings (SSSR count). The van der Waals surface area contributed by atoms with Crippen LogP contribution in [0.1, 0.15) is 13.8 Å². The van der Waals surface area contributed by atoms with Crippen LogP contribution in [0, 0.1) is 0 Å². The Hall–Kier alpha value is -5.50. The molecule has 2 N–H and O–H groups in total. The largest absolute Gasteiger partial charge is 0.460 e. The molecule has 0 radical (unpaired) electrons. The molecular formula is C38H39N5O3. The quantitative estimate of drug-likeness (QED) is 0.0638. The lowest BCUT2D eigenvalue weighted by molar-refractivity contribution is -0.138. The first kappa shape index (κ1) is 30.5. The summed E-state index contributed by atoms with van der Waals surface area (Å²) < 4.78 is 9.77. The molecule has 2 amide bonds. The molecule has 0 aliphatic rings. The molecule has 234 valence electrons. The minimum absolute atomic E-state index is 0.0739. The third-order valence-corrected chi connectivity index (χ3v) is 8.38. The number of hydrogen-bond donors (Lipinski definition) is 2. The fraction of sp³-hybridized carbons (Fsp3) is 0.211. The maximum atomic E-state index is 12.5. The molecule has 8 heteroatoms. The third kappa shape index (κ3) is 5.94. The molecule has 8 nitrogen and oxygen atoms in total. The van der Waals surface area contributed by atoms with Gasteiger partial charge >= 0.3 is 12.0 Å². The van der Waals surface area contributed by atoms with Crippen molar-refractivity contribution in [2.45, 2.75) is 26.9 Å². The molecule has 46 heavy (non-hydrogen) atoms. The number of urea groups is 1. The fourth-order valence-electron chi connectivity index (χ4n) is 6.26. The van der Waals surface area contributed by atoms with Gasteiger partial charge in [0.1, 0.15) is 6.61 Å². The molecule has 0 saturated heterocycles. The second kappa shape index (κ2) is 13.2. The van der Waals surface area contributed by atoms with Crippen molar-refractivity contribution >= 4 is 67.0 Å². The maximum Gasteiger partial charge on any atom is 0.333 e. The van der Waals surface area contributed by atoms with Crippen molar-refractivity contribution in [3.63, 3.8) is 0 Å². The van der Waals surface area contributed by atoms with Gasteiger partial charge in [-0.3, -0.25) is 0 Å². The summed E-state index contributed by atoms with van der Waals surface area (Å²) in [5.41, 5.74) is 6.91. The van der Waals surface area contributed by atoms with E-state index in [1.165, 1.54) is 27.5 Å². The number of ether oxygens (including phenoxy) is 1. The van der Waals surface area contributed by atoms with Crippen molar-refractivity contribution in [2.75, 3.05) is 36.5 Å². The van der Waals surface area contributed by atoms with Crippen LogP contribution in [0.15, 0.2) is 110 Å². The van der Waals surface area contributed by atoms with Crippen molar-refractivity contribution in [2.24, 2.45) is 0 Å². The maximum absolute atomic E-state index is 12.5. The van der Waals surface area contributed by atoms with Crippen LogP contribution in [-0.4, -0.2) is 47.4 Å².